The van der Waals surface area contributed by atoms with Crippen molar-refractivity contribution in [1.82, 2.24) is 4.90 Å². The van der Waals surface area contributed by atoms with Gasteiger partial charge in [0, 0.05) is 42.8 Å². The van der Waals surface area contributed by atoms with Gasteiger partial charge in [0.25, 0.3) is 0 Å². The topological polar surface area (TPSA) is 23.6 Å². The lowest BCUT2D eigenvalue weighted by molar-refractivity contribution is -0.135. The van der Waals surface area contributed by atoms with Gasteiger partial charge in [-0.05, 0) is 49.9 Å². The molecule has 1 aromatic rings. The summed E-state index contributed by atoms with van der Waals surface area (Å²) in [7, 11) is 0. The number of rotatable bonds is 2. The Morgan fingerprint density at radius 2 is 1.60 bits per heavy atom. The minimum Gasteiger partial charge on any atom is -0.371 e. The van der Waals surface area contributed by atoms with Crippen molar-refractivity contribution in [1.29, 1.82) is 0 Å². The third-order valence-corrected chi connectivity index (χ3v) is 4.71. The minimum atomic E-state index is 0.233. The molecule has 108 valence electrons. The molecule has 0 atom stereocenters. The molecule has 0 spiro atoms. The van der Waals surface area contributed by atoms with Crippen LogP contribution in [0.4, 0.5) is 5.69 Å². The van der Waals surface area contributed by atoms with Crippen molar-refractivity contribution in [2.24, 2.45) is 5.92 Å². The Labute approximate surface area is 125 Å². The molecular weight excluding hydrogens is 272 g/mol. The van der Waals surface area contributed by atoms with Crippen molar-refractivity contribution in [2.75, 3.05) is 31.1 Å². The van der Waals surface area contributed by atoms with Crippen LogP contribution in [0.25, 0.3) is 0 Å². The van der Waals surface area contributed by atoms with Gasteiger partial charge in [-0.3, -0.25) is 4.79 Å². The predicted octanol–water partition coefficient (Wildman–Crippen LogP) is 3.18. The number of piperidine rings is 1. The number of nitrogens with zero attached hydrogens (tertiary/aromatic N) is 2. The summed E-state index contributed by atoms with van der Waals surface area (Å²) < 4.78 is 0. The first kappa shape index (κ1) is 13.7. The van der Waals surface area contributed by atoms with Crippen molar-refractivity contribution in [3.63, 3.8) is 0 Å². The van der Waals surface area contributed by atoms with Crippen LogP contribution in [0.5, 0.6) is 0 Å². The Morgan fingerprint density at radius 3 is 2.20 bits per heavy atom. The van der Waals surface area contributed by atoms with E-state index in [2.05, 4.69) is 21.9 Å². The number of anilines is 1. The maximum Gasteiger partial charge on any atom is 0.225 e. The van der Waals surface area contributed by atoms with Crippen molar-refractivity contribution < 1.29 is 4.79 Å². The van der Waals surface area contributed by atoms with Crippen molar-refractivity contribution in [3.05, 3.63) is 29.3 Å². The minimum absolute atomic E-state index is 0.233. The second kappa shape index (κ2) is 6.04. The van der Waals surface area contributed by atoms with Gasteiger partial charge in [-0.15, -0.1) is 0 Å². The molecule has 2 saturated heterocycles. The quantitative estimate of drug-likeness (QED) is 0.836. The highest BCUT2D eigenvalue weighted by atomic mass is 35.5. The first-order chi connectivity index (χ1) is 9.74. The van der Waals surface area contributed by atoms with Gasteiger partial charge in [0.15, 0.2) is 0 Å². The van der Waals surface area contributed by atoms with Gasteiger partial charge in [0.1, 0.15) is 0 Å². The molecule has 3 nitrogen and oxygen atoms in total. The highest BCUT2D eigenvalue weighted by Gasteiger charge is 2.29. The van der Waals surface area contributed by atoms with Gasteiger partial charge in [0.2, 0.25) is 5.91 Å². The normalized spacial score (nSPS) is 20.4. The van der Waals surface area contributed by atoms with E-state index >= 15 is 0 Å². The molecule has 0 bridgehead atoms. The van der Waals surface area contributed by atoms with Crippen LogP contribution < -0.4 is 4.90 Å². The average molecular weight is 293 g/mol. The van der Waals surface area contributed by atoms with E-state index in [9.17, 15) is 4.79 Å². The van der Waals surface area contributed by atoms with Crippen LogP contribution >= 0.6 is 11.6 Å². The van der Waals surface area contributed by atoms with E-state index in [0.29, 0.717) is 5.91 Å². The van der Waals surface area contributed by atoms with Crippen molar-refractivity contribution >= 4 is 23.2 Å². The molecule has 20 heavy (non-hydrogen) atoms. The molecule has 1 amide bonds. The van der Waals surface area contributed by atoms with Crippen molar-refractivity contribution in [2.45, 2.75) is 25.7 Å². The number of hydrogen-bond acceptors (Lipinski definition) is 2. The smallest absolute Gasteiger partial charge is 0.225 e. The molecule has 0 saturated carbocycles. The van der Waals surface area contributed by atoms with Gasteiger partial charge in [-0.1, -0.05) is 11.6 Å². The summed E-state index contributed by atoms with van der Waals surface area (Å²) in [6.45, 7) is 3.87. The second-order valence-corrected chi connectivity index (χ2v) is 6.21. The number of carbonyl (C=O) groups is 1. The van der Waals surface area contributed by atoms with E-state index in [1.807, 2.05) is 12.1 Å². The van der Waals surface area contributed by atoms with E-state index < -0.39 is 0 Å². The zero-order valence-corrected chi connectivity index (χ0v) is 12.5. The number of likely N-dealkylation sites (tertiary alicyclic amines) is 1. The Kier molecular flexibility index (Phi) is 4.16. The monoisotopic (exact) mass is 292 g/mol. The lowest BCUT2D eigenvalue weighted by atomic mass is 9.95. The van der Waals surface area contributed by atoms with Crippen molar-refractivity contribution in [3.8, 4) is 0 Å². The Hall–Kier alpha value is -1.22. The molecule has 4 heteroatoms. The number of amides is 1. The molecule has 3 rings (SSSR count). The summed E-state index contributed by atoms with van der Waals surface area (Å²) in [4.78, 5) is 16.8. The van der Waals surface area contributed by atoms with E-state index in [0.717, 1.165) is 44.0 Å². The summed E-state index contributed by atoms with van der Waals surface area (Å²) in [5, 5.41) is 0.771. The molecule has 1 aromatic carbocycles. The zero-order valence-electron chi connectivity index (χ0n) is 11.7. The van der Waals surface area contributed by atoms with E-state index in [1.54, 1.807) is 0 Å². The molecule has 2 fully saturated rings. The highest BCUT2D eigenvalue weighted by molar-refractivity contribution is 6.30. The largest absolute Gasteiger partial charge is 0.371 e. The fourth-order valence-corrected chi connectivity index (χ4v) is 3.36. The average Bonchev–Trinajstić information content (AvgIpc) is 3.02. The summed E-state index contributed by atoms with van der Waals surface area (Å²) in [6, 6.07) is 7.98. The molecule has 2 aliphatic heterocycles. The number of benzene rings is 1. The molecule has 0 N–H and O–H groups in total. The van der Waals surface area contributed by atoms with Crippen LogP contribution in [0.3, 0.4) is 0 Å². The van der Waals surface area contributed by atoms with Crippen LogP contribution in [0.2, 0.25) is 5.02 Å². The molecule has 0 aliphatic carbocycles. The number of carbonyl (C=O) groups excluding carboxylic acids is 1. The third-order valence-electron chi connectivity index (χ3n) is 4.45. The SMILES string of the molecule is O=C(C1CCN(c2ccc(Cl)cc2)CC1)N1CCCC1. The van der Waals surface area contributed by atoms with Crippen LogP contribution in [0, 0.1) is 5.92 Å². The number of halogens is 1. The lowest BCUT2D eigenvalue weighted by Gasteiger charge is -2.34. The van der Waals surface area contributed by atoms with Gasteiger partial charge in [0.05, 0.1) is 0 Å². The van der Waals surface area contributed by atoms with E-state index in [-0.39, 0.29) is 5.92 Å². The Bertz CT molecular complexity index is 460. The first-order valence-corrected chi connectivity index (χ1v) is 7.91. The van der Waals surface area contributed by atoms with E-state index in [1.165, 1.54) is 18.5 Å². The van der Waals surface area contributed by atoms with Crippen LogP contribution in [0.15, 0.2) is 24.3 Å². The summed E-state index contributed by atoms with van der Waals surface area (Å²) in [6.07, 6.45) is 4.29. The van der Waals surface area contributed by atoms with Crippen LogP contribution in [-0.4, -0.2) is 37.0 Å². The van der Waals surface area contributed by atoms with E-state index in [4.69, 9.17) is 11.6 Å². The number of hydrogen-bond donors (Lipinski definition) is 0. The standard InChI is InChI=1S/C16H21ClN2O/c17-14-3-5-15(6-4-14)18-11-7-13(8-12-18)16(20)19-9-1-2-10-19/h3-6,13H,1-2,7-12H2. The van der Waals surface area contributed by atoms with Gasteiger partial charge < -0.3 is 9.80 Å². The van der Waals surface area contributed by atoms with Gasteiger partial charge >= 0.3 is 0 Å². The molecule has 0 aromatic heterocycles. The highest BCUT2D eigenvalue weighted by Crippen LogP contribution is 2.26. The summed E-state index contributed by atoms with van der Waals surface area (Å²) >= 11 is 5.92. The second-order valence-electron chi connectivity index (χ2n) is 5.77. The maximum absolute atomic E-state index is 12.4. The Balaban J connectivity index is 1.56. The molecule has 0 radical (unpaired) electrons. The summed E-state index contributed by atoms with van der Waals surface area (Å²) in [5.41, 5.74) is 1.21. The fraction of sp³-hybridized carbons (Fsp3) is 0.562. The molecule has 0 unspecified atom stereocenters. The third kappa shape index (κ3) is 2.93. The van der Waals surface area contributed by atoms with Crippen LogP contribution in [0.1, 0.15) is 25.7 Å². The molecule has 2 heterocycles. The maximum atomic E-state index is 12.4. The Morgan fingerprint density at radius 1 is 1.00 bits per heavy atom. The fourth-order valence-electron chi connectivity index (χ4n) is 3.23. The first-order valence-electron chi connectivity index (χ1n) is 7.53. The van der Waals surface area contributed by atoms with Crippen LogP contribution in [-0.2, 0) is 4.79 Å². The summed E-state index contributed by atoms with van der Waals surface area (Å²) in [5.74, 6) is 0.620. The van der Waals surface area contributed by atoms with Gasteiger partial charge in [-0.2, -0.15) is 0 Å². The van der Waals surface area contributed by atoms with Gasteiger partial charge in [-0.25, -0.2) is 0 Å². The molecule has 2 aliphatic rings. The predicted molar refractivity (Wildman–Crippen MR) is 82.2 cm³/mol. The zero-order chi connectivity index (χ0) is 13.9. The lowest BCUT2D eigenvalue weighted by Crippen LogP contribution is -2.41. The molecular formula is C16H21ClN2O.